The van der Waals surface area contributed by atoms with E-state index in [9.17, 15) is 0 Å². The molecule has 2 aromatic heterocycles. The van der Waals surface area contributed by atoms with Gasteiger partial charge < -0.3 is 9.80 Å². The fraction of sp³-hybridized carbons (Fsp3) is 0.0645. The molecular weight excluding hydrogens is 857 g/mol. The topological polar surface area (TPSA) is 67.9 Å². The first-order chi connectivity index (χ1) is 34.7. The Morgan fingerprint density at radius 3 is 1.74 bits per heavy atom. The molecule has 0 spiro atoms. The van der Waals surface area contributed by atoms with Gasteiger partial charge in [0.05, 0.1) is 17.1 Å². The third-order valence-corrected chi connectivity index (χ3v) is 13.6. The van der Waals surface area contributed by atoms with E-state index in [2.05, 4.69) is 216 Å². The number of rotatable bonds is 10. The van der Waals surface area contributed by atoms with Crippen LogP contribution in [0.3, 0.4) is 0 Å². The molecule has 8 nitrogen and oxygen atoms in total. The third kappa shape index (κ3) is 7.62. The van der Waals surface area contributed by atoms with Crippen molar-refractivity contribution in [2.45, 2.75) is 19.3 Å². The largest absolute Gasteiger partial charge is 0.310 e. The number of hydrogen-bond donors (Lipinski definition) is 0. The Morgan fingerprint density at radius 1 is 0.457 bits per heavy atom. The molecule has 0 aliphatic heterocycles. The Morgan fingerprint density at radius 2 is 1.04 bits per heavy atom. The van der Waals surface area contributed by atoms with Crippen molar-refractivity contribution in [1.82, 2.24) is 30.0 Å². The van der Waals surface area contributed by atoms with E-state index in [4.69, 9.17) is 20.4 Å². The number of allylic oxidation sites excluding steroid dienone is 11. The van der Waals surface area contributed by atoms with E-state index in [0.717, 1.165) is 103 Å². The SMILES string of the molecule is C1=CCCC(n2nc3ccc(N(C4=C5C=CC=CC5CC=C4)c4ccc(-c5ccc(-c6ccc(N(c7ccc8nn(-c9ccccc9)nc8c7)c7cccc8ccccc78)cc6)cc5)cc4)cc3n2)=C1. The van der Waals surface area contributed by atoms with Crippen LogP contribution in [0.2, 0.25) is 0 Å². The number of nitrogens with zero attached hydrogens (tertiary/aromatic N) is 8. The lowest BCUT2D eigenvalue weighted by Gasteiger charge is -2.32. The van der Waals surface area contributed by atoms with Gasteiger partial charge in [-0.3, -0.25) is 0 Å². The summed E-state index contributed by atoms with van der Waals surface area (Å²) in [6, 6.07) is 64.6. The summed E-state index contributed by atoms with van der Waals surface area (Å²) in [5.41, 5.74) is 17.8. The third-order valence-electron chi connectivity index (χ3n) is 13.6. The molecule has 0 N–H and O–H groups in total. The lowest BCUT2D eigenvalue weighted by Crippen LogP contribution is -2.21. The summed E-state index contributed by atoms with van der Waals surface area (Å²) in [6.45, 7) is 0. The summed E-state index contributed by atoms with van der Waals surface area (Å²) in [5.74, 6) is 0.338. The van der Waals surface area contributed by atoms with Crippen LogP contribution in [-0.4, -0.2) is 30.0 Å². The highest BCUT2D eigenvalue weighted by Gasteiger charge is 2.25. The Balaban J connectivity index is 0.802. The van der Waals surface area contributed by atoms with Crippen LogP contribution in [0.25, 0.3) is 66.5 Å². The molecule has 8 heteroatoms. The lowest BCUT2D eigenvalue weighted by molar-refractivity contribution is 0.746. The quantitative estimate of drug-likeness (QED) is 0.136. The van der Waals surface area contributed by atoms with Gasteiger partial charge in [0, 0.05) is 39.8 Å². The molecule has 13 rings (SSSR count). The number of benzene rings is 8. The fourth-order valence-electron chi connectivity index (χ4n) is 10.1. The molecule has 0 fully saturated rings. The van der Waals surface area contributed by atoms with Crippen LogP contribution < -0.4 is 9.80 Å². The average Bonchev–Trinajstić information content (AvgIpc) is 4.07. The van der Waals surface area contributed by atoms with Crippen LogP contribution in [0.4, 0.5) is 28.4 Å². The molecule has 3 aliphatic carbocycles. The van der Waals surface area contributed by atoms with Gasteiger partial charge >= 0.3 is 0 Å². The molecule has 2 heterocycles. The maximum absolute atomic E-state index is 4.96. The average molecular weight is 903 g/mol. The van der Waals surface area contributed by atoms with Gasteiger partial charge in [-0.15, -0.1) is 20.4 Å². The van der Waals surface area contributed by atoms with Crippen molar-refractivity contribution in [1.29, 1.82) is 0 Å². The minimum Gasteiger partial charge on any atom is -0.310 e. The highest BCUT2D eigenvalue weighted by molar-refractivity contribution is 6.00. The highest BCUT2D eigenvalue weighted by atomic mass is 15.5. The van der Waals surface area contributed by atoms with Crippen LogP contribution in [-0.2, 0) is 0 Å². The van der Waals surface area contributed by atoms with Crippen molar-refractivity contribution >= 4 is 67.0 Å². The van der Waals surface area contributed by atoms with E-state index in [-0.39, 0.29) is 0 Å². The second-order valence-corrected chi connectivity index (χ2v) is 18.0. The minimum atomic E-state index is 0.338. The normalized spacial score (nSPS) is 15.2. The van der Waals surface area contributed by atoms with Crippen molar-refractivity contribution in [3.05, 3.63) is 248 Å². The number of fused-ring (bicyclic) bond motifs is 4. The van der Waals surface area contributed by atoms with Crippen molar-refractivity contribution < 1.29 is 0 Å². The first kappa shape index (κ1) is 41.1. The van der Waals surface area contributed by atoms with Crippen molar-refractivity contribution in [3.63, 3.8) is 0 Å². The molecule has 334 valence electrons. The lowest BCUT2D eigenvalue weighted by atomic mass is 9.86. The van der Waals surface area contributed by atoms with Crippen molar-refractivity contribution in [3.8, 4) is 27.9 Å². The summed E-state index contributed by atoms with van der Waals surface area (Å²) in [7, 11) is 0. The van der Waals surface area contributed by atoms with Gasteiger partial charge in [0.1, 0.15) is 22.1 Å². The molecule has 8 aromatic carbocycles. The second-order valence-electron chi connectivity index (χ2n) is 18.0. The van der Waals surface area contributed by atoms with Gasteiger partial charge in [0.15, 0.2) is 0 Å². The van der Waals surface area contributed by atoms with Gasteiger partial charge in [-0.25, -0.2) is 0 Å². The van der Waals surface area contributed by atoms with Crippen LogP contribution in [0.1, 0.15) is 19.3 Å². The molecule has 0 bridgehead atoms. The summed E-state index contributed by atoms with van der Waals surface area (Å²) in [4.78, 5) is 8.20. The summed E-state index contributed by atoms with van der Waals surface area (Å²) in [5, 5.41) is 21.8. The first-order valence-corrected chi connectivity index (χ1v) is 24.0. The highest BCUT2D eigenvalue weighted by Crippen LogP contribution is 2.42. The summed E-state index contributed by atoms with van der Waals surface area (Å²) >= 11 is 0. The predicted molar refractivity (Wildman–Crippen MR) is 287 cm³/mol. The van der Waals surface area contributed by atoms with E-state index < -0.39 is 0 Å². The van der Waals surface area contributed by atoms with E-state index in [1.54, 1.807) is 9.59 Å². The molecule has 0 radical (unpaired) electrons. The summed E-state index contributed by atoms with van der Waals surface area (Å²) in [6.07, 6.45) is 22.7. The molecule has 1 unspecified atom stereocenters. The van der Waals surface area contributed by atoms with Gasteiger partial charge in [-0.1, -0.05) is 146 Å². The molecule has 0 saturated heterocycles. The maximum atomic E-state index is 4.96. The zero-order valence-electron chi connectivity index (χ0n) is 38.3. The first-order valence-electron chi connectivity index (χ1n) is 24.0. The summed E-state index contributed by atoms with van der Waals surface area (Å²) < 4.78 is 0. The van der Waals surface area contributed by atoms with Crippen LogP contribution in [0.15, 0.2) is 248 Å². The number of anilines is 5. The molecule has 1 atom stereocenters. The molecule has 0 amide bonds. The van der Waals surface area contributed by atoms with Gasteiger partial charge in [-0.05, 0) is 143 Å². The fourth-order valence-corrected chi connectivity index (χ4v) is 10.1. The molecule has 10 aromatic rings. The van der Waals surface area contributed by atoms with Gasteiger partial charge in [-0.2, -0.15) is 9.59 Å². The zero-order chi connectivity index (χ0) is 46.4. The Labute approximate surface area is 406 Å². The van der Waals surface area contributed by atoms with Crippen molar-refractivity contribution in [2.24, 2.45) is 5.92 Å². The Kier molecular flexibility index (Phi) is 10.3. The molecule has 3 aliphatic rings. The zero-order valence-corrected chi connectivity index (χ0v) is 38.3. The minimum absolute atomic E-state index is 0.338. The van der Waals surface area contributed by atoms with E-state index in [1.807, 2.05) is 30.3 Å². The number of hydrogen-bond acceptors (Lipinski definition) is 6. The van der Waals surface area contributed by atoms with Crippen LogP contribution in [0.5, 0.6) is 0 Å². The Hall–Kier alpha value is -9.14. The second kappa shape index (κ2) is 17.5. The van der Waals surface area contributed by atoms with E-state index >= 15 is 0 Å². The maximum Gasteiger partial charge on any atom is 0.115 e. The molecular formula is C62H46N8. The van der Waals surface area contributed by atoms with Crippen LogP contribution in [0, 0.1) is 5.92 Å². The number of para-hydroxylation sites is 1. The monoisotopic (exact) mass is 902 g/mol. The number of aromatic nitrogens is 6. The smallest absolute Gasteiger partial charge is 0.115 e. The van der Waals surface area contributed by atoms with Gasteiger partial charge in [0.2, 0.25) is 0 Å². The predicted octanol–water partition coefficient (Wildman–Crippen LogP) is 15.4. The van der Waals surface area contributed by atoms with Crippen molar-refractivity contribution in [2.75, 3.05) is 9.80 Å². The standard InChI is InChI=1S/C62H46N8/c1-3-17-51(18-4-1)69-63-57-39-37-53(41-59(57)65-69)67(61-23-11-15-47-13-7-9-21-55(47)61)49-33-29-45(30-34-49)43-25-27-44(28-26-43)46-31-35-50(36-32-46)68(62-24-12-16-48-14-8-10-22-56(48)62)54-38-40-58-60(42-54)66-70(64-58)52-19-5-2-6-20-52/h1-5,7-15,17-19,21-42,48H,6,16,20H2. The van der Waals surface area contributed by atoms with Gasteiger partial charge in [0.25, 0.3) is 0 Å². The van der Waals surface area contributed by atoms with E-state index in [1.165, 1.54) is 22.0 Å². The molecule has 0 saturated carbocycles. The van der Waals surface area contributed by atoms with E-state index in [0.29, 0.717) is 5.92 Å². The molecule has 70 heavy (non-hydrogen) atoms. The van der Waals surface area contributed by atoms with Crippen LogP contribution >= 0.6 is 0 Å². The Bertz CT molecular complexity index is 3790.